The minimum Gasteiger partial charge on any atom is -0.465 e. The van der Waals surface area contributed by atoms with Gasteiger partial charge in [0.05, 0.1) is 18.5 Å². The van der Waals surface area contributed by atoms with Crippen LogP contribution in [-0.4, -0.2) is 66.2 Å². The molecule has 0 bridgehead atoms. The number of thioether (sulfide) groups is 1. The Balaban J connectivity index is 1.62. The van der Waals surface area contributed by atoms with Gasteiger partial charge in [0.25, 0.3) is 5.91 Å². The van der Waals surface area contributed by atoms with Crippen molar-refractivity contribution in [2.45, 2.75) is 25.5 Å². The molecule has 1 atom stereocenters. The number of carbonyl (C=O) groups excluding carboxylic acids is 2. The maximum atomic E-state index is 12.5. The maximum Gasteiger partial charge on any atom is 0.350 e. The first kappa shape index (κ1) is 19.6. The minimum absolute atomic E-state index is 0.225. The summed E-state index contributed by atoms with van der Waals surface area (Å²) in [6.07, 6.45) is 1.09. The number of anilines is 1. The van der Waals surface area contributed by atoms with Gasteiger partial charge in [-0.15, -0.1) is 11.3 Å². The number of methoxy groups -OCH3 is 1. The summed E-state index contributed by atoms with van der Waals surface area (Å²) >= 11 is 3.23. The number of thiophene rings is 1. The van der Waals surface area contributed by atoms with Crippen LogP contribution in [-0.2, 0) is 20.8 Å². The van der Waals surface area contributed by atoms with Crippen LogP contribution in [0.2, 0.25) is 0 Å². The fourth-order valence-corrected chi connectivity index (χ4v) is 5.49. The zero-order valence-electron chi connectivity index (χ0n) is 15.7. The van der Waals surface area contributed by atoms with E-state index >= 15 is 0 Å². The summed E-state index contributed by atoms with van der Waals surface area (Å²) in [5.74, 6) is 1.60. The molecule has 4 rings (SSSR count). The van der Waals surface area contributed by atoms with E-state index in [0.29, 0.717) is 23.6 Å². The van der Waals surface area contributed by atoms with Crippen molar-refractivity contribution in [2.24, 2.45) is 0 Å². The molecular formula is C19H23N3O4S2. The standard InChI is InChI=1S/C19H23N3O4S2/c1-25-19(24)16-15(21-17(23)14-3-2-8-26-14)13-5-4-12(20-18(13)28-16)11-22-6-9-27-10-7-22/h4-5,14H,2-3,6-11H2,1H3,(H,21,23). The van der Waals surface area contributed by atoms with Gasteiger partial charge in [-0.3, -0.25) is 9.69 Å². The van der Waals surface area contributed by atoms with Crippen LogP contribution in [0.5, 0.6) is 0 Å². The summed E-state index contributed by atoms with van der Waals surface area (Å²) in [5, 5.41) is 3.64. The molecule has 2 aliphatic heterocycles. The van der Waals surface area contributed by atoms with E-state index in [-0.39, 0.29) is 5.91 Å². The second-order valence-electron chi connectivity index (χ2n) is 6.83. The van der Waals surface area contributed by atoms with Gasteiger partial charge in [0, 0.05) is 43.1 Å². The van der Waals surface area contributed by atoms with Gasteiger partial charge in [-0.2, -0.15) is 11.8 Å². The van der Waals surface area contributed by atoms with E-state index in [9.17, 15) is 9.59 Å². The Morgan fingerprint density at radius 2 is 2.18 bits per heavy atom. The molecular weight excluding hydrogens is 398 g/mol. The number of fused-ring (bicyclic) bond motifs is 1. The fraction of sp³-hybridized carbons (Fsp3) is 0.526. The lowest BCUT2D eigenvalue weighted by atomic mass is 10.2. The van der Waals surface area contributed by atoms with Gasteiger partial charge in [-0.1, -0.05) is 0 Å². The first-order valence-electron chi connectivity index (χ1n) is 9.39. The van der Waals surface area contributed by atoms with Crippen LogP contribution in [0.1, 0.15) is 28.2 Å². The molecule has 0 spiro atoms. The van der Waals surface area contributed by atoms with Gasteiger partial charge in [0.15, 0.2) is 0 Å². The Morgan fingerprint density at radius 3 is 2.89 bits per heavy atom. The number of ether oxygens (including phenoxy) is 2. The molecule has 1 amide bonds. The zero-order valence-corrected chi connectivity index (χ0v) is 17.4. The van der Waals surface area contributed by atoms with Crippen molar-refractivity contribution >= 4 is 50.9 Å². The lowest BCUT2D eigenvalue weighted by Gasteiger charge is -2.25. The van der Waals surface area contributed by atoms with E-state index in [1.165, 1.54) is 18.4 Å². The molecule has 28 heavy (non-hydrogen) atoms. The van der Waals surface area contributed by atoms with Crippen LogP contribution in [0.25, 0.3) is 10.2 Å². The lowest BCUT2D eigenvalue weighted by molar-refractivity contribution is -0.124. The lowest BCUT2D eigenvalue weighted by Crippen LogP contribution is -2.32. The van der Waals surface area contributed by atoms with E-state index in [2.05, 4.69) is 10.2 Å². The average Bonchev–Trinajstić information content (AvgIpc) is 3.37. The highest BCUT2D eigenvalue weighted by Gasteiger charge is 2.28. The summed E-state index contributed by atoms with van der Waals surface area (Å²) in [6.45, 7) is 3.50. The van der Waals surface area contributed by atoms with Crippen molar-refractivity contribution in [3.63, 3.8) is 0 Å². The van der Waals surface area contributed by atoms with Crippen LogP contribution >= 0.6 is 23.1 Å². The summed E-state index contributed by atoms with van der Waals surface area (Å²) in [6, 6.07) is 3.91. The van der Waals surface area contributed by atoms with E-state index in [1.807, 2.05) is 23.9 Å². The van der Waals surface area contributed by atoms with Crippen LogP contribution in [0.15, 0.2) is 12.1 Å². The predicted octanol–water partition coefficient (Wildman–Crippen LogP) is 2.75. The quantitative estimate of drug-likeness (QED) is 0.744. The molecule has 0 radical (unpaired) electrons. The van der Waals surface area contributed by atoms with Crippen LogP contribution in [0.4, 0.5) is 5.69 Å². The number of aromatic nitrogens is 1. The Bertz CT molecular complexity index is 873. The van der Waals surface area contributed by atoms with Crippen molar-refractivity contribution < 1.29 is 19.1 Å². The predicted molar refractivity (Wildman–Crippen MR) is 111 cm³/mol. The number of hydrogen-bond acceptors (Lipinski definition) is 8. The van der Waals surface area contributed by atoms with Crippen LogP contribution in [0.3, 0.4) is 0 Å². The number of pyridine rings is 1. The van der Waals surface area contributed by atoms with Crippen LogP contribution in [0, 0.1) is 0 Å². The maximum absolute atomic E-state index is 12.5. The molecule has 2 fully saturated rings. The van der Waals surface area contributed by atoms with E-state index in [1.54, 1.807) is 0 Å². The van der Waals surface area contributed by atoms with E-state index < -0.39 is 12.1 Å². The monoisotopic (exact) mass is 421 g/mol. The first-order valence-corrected chi connectivity index (χ1v) is 11.4. The van der Waals surface area contributed by atoms with Gasteiger partial charge in [-0.25, -0.2) is 9.78 Å². The highest BCUT2D eigenvalue weighted by atomic mass is 32.2. The number of nitrogens with one attached hydrogen (secondary N) is 1. The first-order chi connectivity index (χ1) is 13.7. The Kier molecular flexibility index (Phi) is 6.15. The summed E-state index contributed by atoms with van der Waals surface area (Å²) in [4.78, 5) is 33.0. The molecule has 1 unspecified atom stereocenters. The van der Waals surface area contributed by atoms with Crippen molar-refractivity contribution in [1.82, 2.24) is 9.88 Å². The molecule has 1 N–H and O–H groups in total. The molecule has 2 aromatic rings. The van der Waals surface area contributed by atoms with Gasteiger partial charge in [-0.05, 0) is 25.0 Å². The third kappa shape index (κ3) is 4.17. The zero-order chi connectivity index (χ0) is 19.5. The molecule has 2 aliphatic rings. The van der Waals surface area contributed by atoms with Crippen molar-refractivity contribution in [3.05, 3.63) is 22.7 Å². The highest BCUT2D eigenvalue weighted by Crippen LogP contribution is 2.36. The van der Waals surface area contributed by atoms with E-state index in [4.69, 9.17) is 14.5 Å². The topological polar surface area (TPSA) is 80.8 Å². The summed E-state index contributed by atoms with van der Waals surface area (Å²) < 4.78 is 10.4. The van der Waals surface area contributed by atoms with E-state index in [0.717, 1.165) is 53.5 Å². The summed E-state index contributed by atoms with van der Waals surface area (Å²) in [7, 11) is 1.34. The number of esters is 1. The Hall–Kier alpha value is -1.68. The minimum atomic E-state index is -0.472. The molecule has 0 aliphatic carbocycles. The highest BCUT2D eigenvalue weighted by molar-refractivity contribution is 7.99. The molecule has 150 valence electrons. The number of amides is 1. The van der Waals surface area contributed by atoms with Crippen molar-refractivity contribution in [2.75, 3.05) is 43.6 Å². The van der Waals surface area contributed by atoms with Gasteiger partial charge < -0.3 is 14.8 Å². The van der Waals surface area contributed by atoms with Crippen LogP contribution < -0.4 is 5.32 Å². The fourth-order valence-electron chi connectivity index (χ4n) is 3.44. The normalized spacial score (nSPS) is 20.4. The second-order valence-corrected chi connectivity index (χ2v) is 9.06. The third-order valence-electron chi connectivity index (χ3n) is 4.94. The van der Waals surface area contributed by atoms with Gasteiger partial charge >= 0.3 is 5.97 Å². The van der Waals surface area contributed by atoms with Crippen molar-refractivity contribution in [3.8, 4) is 0 Å². The second kappa shape index (κ2) is 8.77. The molecule has 2 saturated heterocycles. The molecule has 4 heterocycles. The summed E-state index contributed by atoms with van der Waals surface area (Å²) in [5.41, 5.74) is 1.44. The Morgan fingerprint density at radius 1 is 1.36 bits per heavy atom. The molecule has 0 saturated carbocycles. The number of nitrogens with zero attached hydrogens (tertiary/aromatic N) is 2. The molecule has 7 nitrogen and oxygen atoms in total. The largest absolute Gasteiger partial charge is 0.465 e. The molecule has 2 aromatic heterocycles. The SMILES string of the molecule is COC(=O)c1sc2nc(CN3CCSCC3)ccc2c1NC(=O)C1CCCO1. The number of rotatable bonds is 5. The number of carbonyl (C=O) groups is 2. The number of hydrogen-bond donors (Lipinski definition) is 1. The van der Waals surface area contributed by atoms with Gasteiger partial charge in [0.1, 0.15) is 15.8 Å². The molecule has 0 aromatic carbocycles. The molecule has 9 heteroatoms. The third-order valence-corrected chi connectivity index (χ3v) is 6.97. The van der Waals surface area contributed by atoms with Crippen molar-refractivity contribution in [1.29, 1.82) is 0 Å². The Labute approximate surface area is 171 Å². The van der Waals surface area contributed by atoms with Gasteiger partial charge in [0.2, 0.25) is 0 Å². The average molecular weight is 422 g/mol. The smallest absolute Gasteiger partial charge is 0.350 e.